The summed E-state index contributed by atoms with van der Waals surface area (Å²) in [6.45, 7) is -1.18. The molecule has 0 radical (unpaired) electrons. The van der Waals surface area contributed by atoms with E-state index >= 15 is 0 Å². The molecule has 7 heteroatoms. The van der Waals surface area contributed by atoms with Crippen LogP contribution in [0.25, 0.3) is 0 Å². The maximum absolute atomic E-state index is 12.1. The number of carbonyl (C=O) groups is 1. The van der Waals surface area contributed by atoms with E-state index in [-0.39, 0.29) is 6.42 Å². The summed E-state index contributed by atoms with van der Waals surface area (Å²) in [7, 11) is 0. The van der Waals surface area contributed by atoms with Crippen molar-refractivity contribution in [2.24, 2.45) is 0 Å². The summed E-state index contributed by atoms with van der Waals surface area (Å²) < 4.78 is 40.6. The predicted molar refractivity (Wildman–Crippen MR) is 44.0 cm³/mol. The first-order chi connectivity index (χ1) is 6.77. The van der Waals surface area contributed by atoms with Crippen LogP contribution in [0, 0.1) is 0 Å². The second-order valence-corrected chi connectivity index (χ2v) is 3.10. The zero-order chi connectivity index (χ0) is 12.1. The van der Waals surface area contributed by atoms with Crippen LogP contribution in [-0.4, -0.2) is 41.2 Å². The Labute approximate surface area is 84.7 Å². The smallest absolute Gasteiger partial charge is 0.422 e. The molecule has 0 aliphatic rings. The lowest BCUT2D eigenvalue weighted by Gasteiger charge is -2.27. The van der Waals surface area contributed by atoms with Gasteiger partial charge in [-0.25, -0.2) is 0 Å². The average molecular weight is 230 g/mol. The molecule has 0 aromatic rings. The number of rotatable bonds is 5. The van der Waals surface area contributed by atoms with Crippen LogP contribution in [0.15, 0.2) is 0 Å². The fourth-order valence-corrected chi connectivity index (χ4v) is 0.693. The van der Waals surface area contributed by atoms with Crippen LogP contribution in [0.2, 0.25) is 0 Å². The molecule has 0 amide bonds. The topological polar surface area (TPSA) is 66.8 Å². The highest BCUT2D eigenvalue weighted by Gasteiger charge is 2.54. The molecule has 0 saturated heterocycles. The number of hydrogen-bond donors (Lipinski definition) is 2. The van der Waals surface area contributed by atoms with Gasteiger partial charge in [0.1, 0.15) is 6.61 Å². The normalized spacial score (nSPS) is 15.9. The summed E-state index contributed by atoms with van der Waals surface area (Å²) in [5.41, 5.74) is -3.38. The van der Waals surface area contributed by atoms with Gasteiger partial charge >= 0.3 is 12.1 Å². The monoisotopic (exact) mass is 230 g/mol. The van der Waals surface area contributed by atoms with Gasteiger partial charge in [-0.1, -0.05) is 6.92 Å². The molecular weight excluding hydrogens is 217 g/mol. The third-order valence-electron chi connectivity index (χ3n) is 1.72. The van der Waals surface area contributed by atoms with Gasteiger partial charge in [-0.05, 0) is 6.42 Å². The lowest BCUT2D eigenvalue weighted by atomic mass is 10.1. The Bertz CT molecular complexity index is 216. The Balaban J connectivity index is 4.28. The summed E-state index contributed by atoms with van der Waals surface area (Å²) >= 11 is 0. The molecule has 0 unspecified atom stereocenters. The van der Waals surface area contributed by atoms with Crippen LogP contribution in [0.1, 0.15) is 19.8 Å². The number of carbonyl (C=O) groups excluding carboxylic acids is 1. The zero-order valence-corrected chi connectivity index (χ0v) is 8.17. The van der Waals surface area contributed by atoms with Crippen LogP contribution < -0.4 is 0 Å². The number of aliphatic hydroxyl groups is 2. The molecule has 4 nitrogen and oxygen atoms in total. The van der Waals surface area contributed by atoms with E-state index in [1.807, 2.05) is 0 Å². The molecule has 0 rings (SSSR count). The van der Waals surface area contributed by atoms with Gasteiger partial charge in [0.15, 0.2) is 0 Å². The fourth-order valence-electron chi connectivity index (χ4n) is 0.693. The standard InChI is InChI=1S/C8H13F3O4/c1-2-3-6(13)15-5-7(14,4-12)8(9,10)11/h12,14H,2-5H2,1H3/t7-/m1/s1. The molecule has 1 atom stereocenters. The van der Waals surface area contributed by atoms with Crippen LogP contribution in [-0.2, 0) is 9.53 Å². The average Bonchev–Trinajstić information content (AvgIpc) is 2.13. The zero-order valence-electron chi connectivity index (χ0n) is 8.17. The number of aliphatic hydroxyl groups excluding tert-OH is 1. The van der Waals surface area contributed by atoms with E-state index in [0.717, 1.165) is 0 Å². The Morgan fingerprint density at radius 3 is 2.27 bits per heavy atom. The highest BCUT2D eigenvalue weighted by Crippen LogP contribution is 2.30. The summed E-state index contributed by atoms with van der Waals surface area (Å²) in [6, 6.07) is 0. The van der Waals surface area contributed by atoms with E-state index in [1.54, 1.807) is 6.92 Å². The Morgan fingerprint density at radius 1 is 1.40 bits per heavy atom. The lowest BCUT2D eigenvalue weighted by molar-refractivity contribution is -0.282. The van der Waals surface area contributed by atoms with Crippen molar-refractivity contribution in [3.63, 3.8) is 0 Å². The predicted octanol–water partition coefficient (Wildman–Crippen LogP) is 0.615. The van der Waals surface area contributed by atoms with Crippen LogP contribution in [0.5, 0.6) is 0 Å². The summed E-state index contributed by atoms with van der Waals surface area (Å²) in [5.74, 6) is -0.839. The minimum absolute atomic E-state index is 0.0284. The van der Waals surface area contributed by atoms with Gasteiger partial charge in [0.2, 0.25) is 5.60 Å². The SMILES string of the molecule is CCCC(=O)OC[C@](O)(CO)C(F)(F)F. The van der Waals surface area contributed by atoms with Gasteiger partial charge < -0.3 is 14.9 Å². The van der Waals surface area contributed by atoms with Crippen LogP contribution in [0.4, 0.5) is 13.2 Å². The van der Waals surface area contributed by atoms with Gasteiger partial charge in [0.05, 0.1) is 6.61 Å². The van der Waals surface area contributed by atoms with E-state index in [0.29, 0.717) is 6.42 Å². The van der Waals surface area contributed by atoms with Crippen molar-refractivity contribution in [2.45, 2.75) is 31.5 Å². The third kappa shape index (κ3) is 4.05. The molecule has 0 spiro atoms. The third-order valence-corrected chi connectivity index (χ3v) is 1.72. The first kappa shape index (κ1) is 14.2. The Hall–Kier alpha value is -0.820. The molecule has 0 heterocycles. The number of ether oxygens (including phenoxy) is 1. The molecule has 0 aromatic heterocycles. The molecule has 0 fully saturated rings. The largest absolute Gasteiger partial charge is 0.462 e. The van der Waals surface area contributed by atoms with Gasteiger partial charge in [-0.3, -0.25) is 4.79 Å². The molecular formula is C8H13F3O4. The van der Waals surface area contributed by atoms with Crippen molar-refractivity contribution in [1.82, 2.24) is 0 Å². The first-order valence-corrected chi connectivity index (χ1v) is 4.32. The van der Waals surface area contributed by atoms with E-state index in [1.165, 1.54) is 0 Å². The first-order valence-electron chi connectivity index (χ1n) is 4.32. The maximum Gasteiger partial charge on any atom is 0.422 e. The highest BCUT2D eigenvalue weighted by atomic mass is 19.4. The van der Waals surface area contributed by atoms with E-state index in [4.69, 9.17) is 10.2 Å². The maximum atomic E-state index is 12.1. The number of esters is 1. The van der Waals surface area contributed by atoms with E-state index in [9.17, 15) is 18.0 Å². The van der Waals surface area contributed by atoms with Crippen molar-refractivity contribution in [3.05, 3.63) is 0 Å². The minimum Gasteiger partial charge on any atom is -0.462 e. The van der Waals surface area contributed by atoms with Crippen molar-refractivity contribution in [3.8, 4) is 0 Å². The molecule has 0 aliphatic carbocycles. The van der Waals surface area contributed by atoms with Crippen LogP contribution in [0.3, 0.4) is 0 Å². The van der Waals surface area contributed by atoms with Crippen molar-refractivity contribution < 1.29 is 32.9 Å². The number of alkyl halides is 3. The van der Waals surface area contributed by atoms with Gasteiger partial charge in [-0.2, -0.15) is 13.2 Å². The Morgan fingerprint density at radius 2 is 1.93 bits per heavy atom. The van der Waals surface area contributed by atoms with E-state index < -0.39 is 31.0 Å². The molecule has 0 aromatic carbocycles. The summed E-state index contributed by atoms with van der Waals surface area (Å²) in [5, 5.41) is 17.3. The quantitative estimate of drug-likeness (QED) is 0.679. The number of halogens is 3. The van der Waals surface area contributed by atoms with Crippen LogP contribution >= 0.6 is 0 Å². The molecule has 0 saturated carbocycles. The summed E-state index contributed by atoms with van der Waals surface area (Å²) in [4.78, 5) is 10.8. The summed E-state index contributed by atoms with van der Waals surface area (Å²) in [6.07, 6.45) is -4.63. The van der Waals surface area contributed by atoms with Gasteiger partial charge in [0.25, 0.3) is 0 Å². The van der Waals surface area contributed by atoms with Crippen molar-refractivity contribution in [1.29, 1.82) is 0 Å². The number of hydrogen-bond acceptors (Lipinski definition) is 4. The van der Waals surface area contributed by atoms with Gasteiger partial charge in [-0.15, -0.1) is 0 Å². The van der Waals surface area contributed by atoms with Gasteiger partial charge in [0, 0.05) is 6.42 Å². The Kier molecular flexibility index (Phi) is 5.02. The van der Waals surface area contributed by atoms with Crippen molar-refractivity contribution >= 4 is 5.97 Å². The highest BCUT2D eigenvalue weighted by molar-refractivity contribution is 5.69. The van der Waals surface area contributed by atoms with Crippen molar-refractivity contribution in [2.75, 3.05) is 13.2 Å². The second-order valence-electron chi connectivity index (χ2n) is 3.10. The molecule has 15 heavy (non-hydrogen) atoms. The minimum atomic E-state index is -5.03. The lowest BCUT2D eigenvalue weighted by Crippen LogP contribution is -2.52. The van der Waals surface area contributed by atoms with E-state index in [2.05, 4.69) is 4.74 Å². The molecule has 0 aliphatic heterocycles. The molecule has 90 valence electrons. The fraction of sp³-hybridized carbons (Fsp3) is 0.875. The molecule has 2 N–H and O–H groups in total. The molecule has 0 bridgehead atoms. The second kappa shape index (κ2) is 5.32.